The van der Waals surface area contributed by atoms with Gasteiger partial charge in [-0.05, 0) is 37.1 Å². The van der Waals surface area contributed by atoms with Crippen LogP contribution in [-0.2, 0) is 14.8 Å². The summed E-state index contributed by atoms with van der Waals surface area (Å²) in [6.07, 6.45) is 1.96. The molecule has 1 atom stereocenters. The van der Waals surface area contributed by atoms with Gasteiger partial charge in [-0.15, -0.1) is 11.3 Å². The molecule has 33 heavy (non-hydrogen) atoms. The maximum atomic E-state index is 13.2. The lowest BCUT2D eigenvalue weighted by molar-refractivity contribution is -0.120. The Morgan fingerprint density at radius 2 is 1.91 bits per heavy atom. The zero-order valence-electron chi connectivity index (χ0n) is 18.4. The van der Waals surface area contributed by atoms with Gasteiger partial charge in [0.05, 0.1) is 24.8 Å². The fourth-order valence-electron chi connectivity index (χ4n) is 3.84. The predicted octanol–water partition coefficient (Wildman–Crippen LogP) is 4.01. The van der Waals surface area contributed by atoms with E-state index in [1.54, 1.807) is 50.6 Å². The molecule has 3 aromatic rings. The number of nitrogens with zero attached hydrogens (tertiary/aromatic N) is 2. The quantitative estimate of drug-likeness (QED) is 0.541. The van der Waals surface area contributed by atoms with E-state index < -0.39 is 16.1 Å². The minimum atomic E-state index is -3.77. The largest absolute Gasteiger partial charge is 0.497 e. The fraction of sp³-hybridized carbons (Fsp3) is 0.304. The molecule has 8 nitrogen and oxygen atoms in total. The van der Waals surface area contributed by atoms with Crippen molar-refractivity contribution in [1.82, 2.24) is 9.29 Å². The number of benzene rings is 2. The molecule has 1 aromatic heterocycles. The standard InChI is InChI=1S/C23H25N3O5S2/c1-30-16-11-12-18(21(14-16)31-2)19-15-32-23(24-19)25-22(27)20-10-6-7-13-26(20)33(28,29)17-8-4-3-5-9-17/h3-5,8-9,11-12,14-15,20H,6-7,10,13H2,1-2H3,(H,24,25,27)/t20-/m0/s1. The molecule has 0 unspecified atom stereocenters. The van der Waals surface area contributed by atoms with Crippen LogP contribution in [0.15, 0.2) is 58.8 Å². The first-order chi connectivity index (χ1) is 15.9. The Morgan fingerprint density at radius 1 is 1.12 bits per heavy atom. The number of anilines is 1. The number of methoxy groups -OCH3 is 2. The molecule has 1 N–H and O–H groups in total. The van der Waals surface area contributed by atoms with Crippen molar-refractivity contribution in [2.75, 3.05) is 26.1 Å². The molecule has 1 saturated heterocycles. The van der Waals surface area contributed by atoms with Crippen LogP contribution in [0.4, 0.5) is 5.13 Å². The van der Waals surface area contributed by atoms with Crippen LogP contribution in [0.3, 0.4) is 0 Å². The van der Waals surface area contributed by atoms with Crippen LogP contribution in [0, 0.1) is 0 Å². The van der Waals surface area contributed by atoms with Gasteiger partial charge in [-0.3, -0.25) is 4.79 Å². The van der Waals surface area contributed by atoms with Crippen molar-refractivity contribution in [3.63, 3.8) is 0 Å². The lowest BCUT2D eigenvalue weighted by Crippen LogP contribution is -2.49. The van der Waals surface area contributed by atoms with Gasteiger partial charge in [-0.25, -0.2) is 13.4 Å². The number of aromatic nitrogens is 1. The van der Waals surface area contributed by atoms with Crippen LogP contribution in [0.2, 0.25) is 0 Å². The van der Waals surface area contributed by atoms with E-state index in [9.17, 15) is 13.2 Å². The van der Waals surface area contributed by atoms with Gasteiger partial charge in [0, 0.05) is 23.6 Å². The van der Waals surface area contributed by atoms with E-state index in [1.807, 2.05) is 17.5 Å². The third-order valence-corrected chi connectivity index (χ3v) is 8.21. The van der Waals surface area contributed by atoms with E-state index in [-0.39, 0.29) is 10.8 Å². The molecule has 1 aliphatic rings. The number of hydrogen-bond acceptors (Lipinski definition) is 7. The minimum absolute atomic E-state index is 0.188. The predicted molar refractivity (Wildman–Crippen MR) is 127 cm³/mol. The zero-order valence-corrected chi connectivity index (χ0v) is 20.0. The smallest absolute Gasteiger partial charge is 0.244 e. The molecule has 1 amide bonds. The molecule has 4 rings (SSSR count). The summed E-state index contributed by atoms with van der Waals surface area (Å²) in [7, 11) is -0.626. The molecule has 2 heterocycles. The number of hydrogen-bond donors (Lipinski definition) is 1. The van der Waals surface area contributed by atoms with Crippen molar-refractivity contribution in [2.24, 2.45) is 0 Å². The van der Waals surface area contributed by atoms with E-state index in [1.165, 1.54) is 15.6 Å². The Labute approximate surface area is 197 Å². The lowest BCUT2D eigenvalue weighted by atomic mass is 10.0. The first-order valence-electron chi connectivity index (χ1n) is 10.5. The number of thiazole rings is 1. The molecule has 2 aromatic carbocycles. The summed E-state index contributed by atoms with van der Waals surface area (Å²) in [5.41, 5.74) is 1.41. The van der Waals surface area contributed by atoms with Gasteiger partial charge in [-0.2, -0.15) is 4.31 Å². The van der Waals surface area contributed by atoms with Crippen molar-refractivity contribution in [1.29, 1.82) is 0 Å². The molecule has 0 aliphatic carbocycles. The second-order valence-corrected chi connectivity index (χ2v) is 10.3. The van der Waals surface area contributed by atoms with Gasteiger partial charge in [-0.1, -0.05) is 24.6 Å². The van der Waals surface area contributed by atoms with Gasteiger partial charge in [0.15, 0.2) is 5.13 Å². The topological polar surface area (TPSA) is 97.8 Å². The van der Waals surface area contributed by atoms with Crippen molar-refractivity contribution in [3.8, 4) is 22.8 Å². The van der Waals surface area contributed by atoms with Gasteiger partial charge >= 0.3 is 0 Å². The summed E-state index contributed by atoms with van der Waals surface area (Å²) in [5, 5.41) is 5.03. The number of nitrogens with one attached hydrogen (secondary N) is 1. The second kappa shape index (κ2) is 9.90. The number of piperidine rings is 1. The van der Waals surface area contributed by atoms with Crippen molar-refractivity contribution in [2.45, 2.75) is 30.2 Å². The maximum Gasteiger partial charge on any atom is 0.244 e. The van der Waals surface area contributed by atoms with E-state index in [4.69, 9.17) is 9.47 Å². The third kappa shape index (κ3) is 4.87. The molecule has 1 fully saturated rings. The molecule has 174 valence electrons. The normalized spacial score (nSPS) is 16.8. The van der Waals surface area contributed by atoms with E-state index >= 15 is 0 Å². The Balaban J connectivity index is 1.54. The number of amides is 1. The highest BCUT2D eigenvalue weighted by molar-refractivity contribution is 7.89. The summed E-state index contributed by atoms with van der Waals surface area (Å²) in [5.74, 6) is 0.887. The number of carbonyl (C=O) groups is 1. The first-order valence-corrected chi connectivity index (χ1v) is 12.8. The number of rotatable bonds is 7. The van der Waals surface area contributed by atoms with Gasteiger partial charge < -0.3 is 14.8 Å². The molecule has 0 saturated carbocycles. The maximum absolute atomic E-state index is 13.2. The van der Waals surface area contributed by atoms with Gasteiger partial charge in [0.25, 0.3) is 0 Å². The average Bonchev–Trinajstić information content (AvgIpc) is 3.32. The fourth-order valence-corrected chi connectivity index (χ4v) is 6.23. The SMILES string of the molecule is COc1ccc(-c2csc(NC(=O)[C@@H]3CCCCN3S(=O)(=O)c3ccccc3)n2)c(OC)c1. The number of carbonyl (C=O) groups excluding carboxylic acids is 1. The van der Waals surface area contributed by atoms with Crippen LogP contribution < -0.4 is 14.8 Å². The Morgan fingerprint density at radius 3 is 2.64 bits per heavy atom. The number of ether oxygens (including phenoxy) is 2. The summed E-state index contributed by atoms with van der Waals surface area (Å²) < 4.78 is 38.3. The molecular weight excluding hydrogens is 462 g/mol. The average molecular weight is 488 g/mol. The first kappa shape index (κ1) is 23.2. The Bertz CT molecular complexity index is 1230. The Kier molecular flexibility index (Phi) is 6.96. The van der Waals surface area contributed by atoms with Crippen molar-refractivity contribution in [3.05, 3.63) is 53.9 Å². The highest BCUT2D eigenvalue weighted by atomic mass is 32.2. The molecule has 0 radical (unpaired) electrons. The van der Waals surface area contributed by atoms with E-state index in [0.29, 0.717) is 41.7 Å². The molecule has 0 spiro atoms. The van der Waals surface area contributed by atoms with Gasteiger partial charge in [0.1, 0.15) is 17.5 Å². The van der Waals surface area contributed by atoms with E-state index in [2.05, 4.69) is 10.3 Å². The molecule has 10 heteroatoms. The zero-order chi connectivity index (χ0) is 23.4. The van der Waals surface area contributed by atoms with Crippen molar-refractivity contribution < 1.29 is 22.7 Å². The molecule has 1 aliphatic heterocycles. The minimum Gasteiger partial charge on any atom is -0.497 e. The Hall–Kier alpha value is -2.95. The van der Waals surface area contributed by atoms with Gasteiger partial charge in [0.2, 0.25) is 15.9 Å². The van der Waals surface area contributed by atoms with Crippen LogP contribution in [0.5, 0.6) is 11.5 Å². The highest BCUT2D eigenvalue weighted by Crippen LogP contribution is 2.35. The molecular formula is C23H25N3O5S2. The summed E-state index contributed by atoms with van der Waals surface area (Å²) >= 11 is 1.27. The van der Waals surface area contributed by atoms with Crippen LogP contribution in [0.1, 0.15) is 19.3 Å². The van der Waals surface area contributed by atoms with Crippen LogP contribution >= 0.6 is 11.3 Å². The lowest BCUT2D eigenvalue weighted by Gasteiger charge is -2.33. The van der Waals surface area contributed by atoms with Crippen LogP contribution in [0.25, 0.3) is 11.3 Å². The van der Waals surface area contributed by atoms with Crippen molar-refractivity contribution >= 4 is 32.4 Å². The monoisotopic (exact) mass is 487 g/mol. The third-order valence-electron chi connectivity index (χ3n) is 5.53. The second-order valence-electron chi connectivity index (χ2n) is 7.53. The van der Waals surface area contributed by atoms with Crippen LogP contribution in [-0.4, -0.2) is 50.4 Å². The number of sulfonamides is 1. The summed E-state index contributed by atoms with van der Waals surface area (Å²) in [6, 6.07) is 12.8. The highest BCUT2D eigenvalue weighted by Gasteiger charge is 2.37. The van der Waals surface area contributed by atoms with E-state index in [0.717, 1.165) is 12.0 Å². The summed E-state index contributed by atoms with van der Waals surface area (Å²) in [6.45, 7) is 0.307. The summed E-state index contributed by atoms with van der Waals surface area (Å²) in [4.78, 5) is 17.8. The molecule has 0 bridgehead atoms.